The molecule has 0 saturated carbocycles. The van der Waals surface area contributed by atoms with Gasteiger partial charge in [0.1, 0.15) is 12.4 Å². The number of benzene rings is 1. The maximum Gasteiger partial charge on any atom is 0.122 e. The number of nitrogens with two attached hydrogens (primary N) is 1. The Balaban J connectivity index is 2.10. The Morgan fingerprint density at radius 3 is 2.64 bits per heavy atom. The minimum Gasteiger partial charge on any atom is -0.491 e. The molecule has 0 amide bonds. The first kappa shape index (κ1) is 18.9. The van der Waals surface area contributed by atoms with Gasteiger partial charge in [-0.1, -0.05) is 32.0 Å². The van der Waals surface area contributed by atoms with Crippen LogP contribution in [0.2, 0.25) is 0 Å². The summed E-state index contributed by atoms with van der Waals surface area (Å²) in [6.07, 6.45) is 2.21. The van der Waals surface area contributed by atoms with Crippen molar-refractivity contribution < 1.29 is 19.5 Å². The summed E-state index contributed by atoms with van der Waals surface area (Å²) in [7, 11) is 1.74. The average Bonchev–Trinajstić information content (AvgIpc) is 2.56. The zero-order valence-corrected chi connectivity index (χ0v) is 14.3. The largest absolute Gasteiger partial charge is 0.491 e. The molecule has 1 rings (SSSR count). The Bertz CT molecular complexity index is 384. The van der Waals surface area contributed by atoms with Gasteiger partial charge in [0.2, 0.25) is 0 Å². The van der Waals surface area contributed by atoms with Gasteiger partial charge >= 0.3 is 0 Å². The molecule has 0 unspecified atom stereocenters. The van der Waals surface area contributed by atoms with Crippen molar-refractivity contribution in [1.29, 1.82) is 0 Å². The standard InChI is InChI=1S/C18H31NO3/c1-4-16(2)17-8-5-6-9-18(17)22-15-14-21-13-11-19-10-7-12-20-3/h5-6,8-9,16,19H,4,7,10-15H2,1-3H3/p+1/t16-/m1/s1. The molecule has 0 bridgehead atoms. The van der Waals surface area contributed by atoms with Crippen LogP contribution in [-0.2, 0) is 9.47 Å². The molecule has 22 heavy (non-hydrogen) atoms. The van der Waals surface area contributed by atoms with Crippen LogP contribution in [0.15, 0.2) is 24.3 Å². The molecule has 0 aromatic heterocycles. The van der Waals surface area contributed by atoms with Crippen molar-refractivity contribution in [2.24, 2.45) is 0 Å². The zero-order valence-electron chi connectivity index (χ0n) is 14.3. The van der Waals surface area contributed by atoms with Crippen LogP contribution in [0.3, 0.4) is 0 Å². The maximum atomic E-state index is 5.87. The number of hydrogen-bond acceptors (Lipinski definition) is 3. The minimum atomic E-state index is 0.527. The number of hydrogen-bond donors (Lipinski definition) is 1. The van der Waals surface area contributed by atoms with Crippen LogP contribution in [0.1, 0.15) is 38.2 Å². The van der Waals surface area contributed by atoms with Crippen LogP contribution in [-0.4, -0.2) is 46.6 Å². The zero-order chi connectivity index (χ0) is 16.0. The number of quaternary nitrogens is 1. The van der Waals surface area contributed by atoms with Crippen molar-refractivity contribution >= 4 is 0 Å². The Morgan fingerprint density at radius 2 is 1.86 bits per heavy atom. The first-order valence-corrected chi connectivity index (χ1v) is 8.39. The molecular weight excluding hydrogens is 278 g/mol. The Hall–Kier alpha value is -1.10. The average molecular weight is 310 g/mol. The Labute approximate surface area is 135 Å². The van der Waals surface area contributed by atoms with Gasteiger partial charge in [-0.25, -0.2) is 0 Å². The Kier molecular flexibility index (Phi) is 10.7. The fourth-order valence-electron chi connectivity index (χ4n) is 2.23. The lowest BCUT2D eigenvalue weighted by Crippen LogP contribution is -2.85. The van der Waals surface area contributed by atoms with E-state index in [0.29, 0.717) is 19.1 Å². The van der Waals surface area contributed by atoms with Crippen LogP contribution in [0.5, 0.6) is 5.75 Å². The predicted molar refractivity (Wildman–Crippen MR) is 89.6 cm³/mol. The molecule has 0 radical (unpaired) electrons. The van der Waals surface area contributed by atoms with Gasteiger partial charge in [-0.15, -0.1) is 0 Å². The van der Waals surface area contributed by atoms with Crippen molar-refractivity contribution in [3.63, 3.8) is 0 Å². The third-order valence-corrected chi connectivity index (χ3v) is 3.77. The van der Waals surface area contributed by atoms with Crippen molar-refractivity contribution in [2.75, 3.05) is 46.6 Å². The molecule has 0 aliphatic carbocycles. The molecule has 4 heteroatoms. The number of para-hydroxylation sites is 1. The summed E-state index contributed by atoms with van der Waals surface area (Å²) in [4.78, 5) is 0. The summed E-state index contributed by atoms with van der Waals surface area (Å²) < 4.78 is 16.5. The lowest BCUT2D eigenvalue weighted by molar-refractivity contribution is -0.656. The van der Waals surface area contributed by atoms with Crippen molar-refractivity contribution in [3.05, 3.63) is 29.8 Å². The van der Waals surface area contributed by atoms with Crippen molar-refractivity contribution in [1.82, 2.24) is 0 Å². The smallest absolute Gasteiger partial charge is 0.122 e. The summed E-state index contributed by atoms with van der Waals surface area (Å²) in [5.74, 6) is 1.52. The van der Waals surface area contributed by atoms with E-state index in [0.717, 1.165) is 44.9 Å². The molecule has 0 aliphatic rings. The summed E-state index contributed by atoms with van der Waals surface area (Å²) in [5, 5.41) is 2.26. The van der Waals surface area contributed by atoms with Gasteiger partial charge in [0.25, 0.3) is 0 Å². The van der Waals surface area contributed by atoms with Crippen LogP contribution in [0, 0.1) is 0 Å². The van der Waals surface area contributed by atoms with Crippen LogP contribution in [0.4, 0.5) is 0 Å². The summed E-state index contributed by atoms with van der Waals surface area (Å²) >= 11 is 0. The van der Waals surface area contributed by atoms with Crippen LogP contribution < -0.4 is 10.1 Å². The maximum absolute atomic E-state index is 5.87. The van der Waals surface area contributed by atoms with Crippen molar-refractivity contribution in [3.8, 4) is 5.75 Å². The monoisotopic (exact) mass is 310 g/mol. The van der Waals surface area contributed by atoms with Gasteiger partial charge in [-0.05, 0) is 24.0 Å². The molecule has 0 spiro atoms. The predicted octanol–water partition coefficient (Wildman–Crippen LogP) is 2.20. The molecular formula is C18H32NO3+. The number of methoxy groups -OCH3 is 1. The lowest BCUT2D eigenvalue weighted by atomic mass is 9.98. The summed E-state index contributed by atoms with van der Waals surface area (Å²) in [6, 6.07) is 8.30. The van der Waals surface area contributed by atoms with Gasteiger partial charge in [0, 0.05) is 13.5 Å². The molecule has 0 aliphatic heterocycles. The second-order valence-corrected chi connectivity index (χ2v) is 5.52. The molecule has 4 nitrogen and oxygen atoms in total. The minimum absolute atomic E-state index is 0.527. The fraction of sp³-hybridized carbons (Fsp3) is 0.667. The van der Waals surface area contributed by atoms with Gasteiger partial charge in [-0.3, -0.25) is 0 Å². The van der Waals surface area contributed by atoms with Crippen molar-refractivity contribution in [2.45, 2.75) is 32.6 Å². The second kappa shape index (κ2) is 12.4. The van der Waals surface area contributed by atoms with Gasteiger partial charge in [-0.2, -0.15) is 0 Å². The molecule has 1 aromatic carbocycles. The molecule has 0 fully saturated rings. The highest BCUT2D eigenvalue weighted by molar-refractivity contribution is 5.35. The number of ether oxygens (including phenoxy) is 3. The molecule has 1 atom stereocenters. The molecule has 0 saturated heterocycles. The van der Waals surface area contributed by atoms with E-state index in [2.05, 4.69) is 31.3 Å². The summed E-state index contributed by atoms with van der Waals surface area (Å²) in [5.41, 5.74) is 1.29. The van der Waals surface area contributed by atoms with E-state index in [1.54, 1.807) is 7.11 Å². The topological polar surface area (TPSA) is 44.3 Å². The molecule has 126 valence electrons. The fourth-order valence-corrected chi connectivity index (χ4v) is 2.23. The highest BCUT2D eigenvalue weighted by Crippen LogP contribution is 2.28. The molecule has 1 aromatic rings. The highest BCUT2D eigenvalue weighted by atomic mass is 16.5. The van der Waals surface area contributed by atoms with E-state index in [4.69, 9.17) is 14.2 Å². The first-order valence-electron chi connectivity index (χ1n) is 8.39. The van der Waals surface area contributed by atoms with E-state index < -0.39 is 0 Å². The van der Waals surface area contributed by atoms with E-state index >= 15 is 0 Å². The van der Waals surface area contributed by atoms with E-state index in [9.17, 15) is 0 Å². The quantitative estimate of drug-likeness (QED) is 0.568. The third kappa shape index (κ3) is 7.78. The van der Waals surface area contributed by atoms with Gasteiger partial charge < -0.3 is 19.5 Å². The first-order chi connectivity index (χ1) is 10.8. The van der Waals surface area contributed by atoms with E-state index in [-0.39, 0.29) is 0 Å². The second-order valence-electron chi connectivity index (χ2n) is 5.52. The van der Waals surface area contributed by atoms with Gasteiger partial charge in [0.05, 0.1) is 32.9 Å². The summed E-state index contributed by atoms with van der Waals surface area (Å²) in [6.45, 7) is 9.37. The van der Waals surface area contributed by atoms with Crippen LogP contribution in [0.25, 0.3) is 0 Å². The number of rotatable bonds is 13. The SMILES string of the molecule is CC[C@@H](C)c1ccccc1OCCOCC[NH2+]CCCOC. The third-order valence-electron chi connectivity index (χ3n) is 3.77. The molecule has 2 N–H and O–H groups in total. The Morgan fingerprint density at radius 1 is 1.05 bits per heavy atom. The van der Waals surface area contributed by atoms with Gasteiger partial charge in [0.15, 0.2) is 0 Å². The van der Waals surface area contributed by atoms with E-state index in [1.165, 1.54) is 5.56 Å². The highest BCUT2D eigenvalue weighted by Gasteiger charge is 2.09. The normalized spacial score (nSPS) is 12.3. The molecule has 0 heterocycles. The van der Waals surface area contributed by atoms with Crippen LogP contribution >= 0.6 is 0 Å². The lowest BCUT2D eigenvalue weighted by Gasteiger charge is -2.15. The van der Waals surface area contributed by atoms with E-state index in [1.807, 2.05) is 12.1 Å².